The molecule has 0 saturated carbocycles. The summed E-state index contributed by atoms with van der Waals surface area (Å²) >= 11 is 0. The van der Waals surface area contributed by atoms with Crippen molar-refractivity contribution in [3.8, 4) is 0 Å². The Labute approximate surface area is 190 Å². The van der Waals surface area contributed by atoms with Crippen molar-refractivity contribution >= 4 is 11.8 Å². The summed E-state index contributed by atoms with van der Waals surface area (Å²) in [5, 5.41) is 6.00. The first-order chi connectivity index (χ1) is 15.5. The molecule has 1 atom stereocenters. The second-order valence-corrected chi connectivity index (χ2v) is 8.10. The molecule has 0 aliphatic carbocycles. The predicted octanol–water partition coefficient (Wildman–Crippen LogP) is 3.22. The number of likely N-dealkylation sites (N-methyl/N-ethyl adjacent to an activating group) is 1. The van der Waals surface area contributed by atoms with Gasteiger partial charge in [0.05, 0.1) is 5.92 Å². The first kappa shape index (κ1) is 23.2. The molecule has 2 amide bonds. The Hall–Kier alpha value is -3.44. The molecule has 0 radical (unpaired) electrons. The van der Waals surface area contributed by atoms with E-state index in [4.69, 9.17) is 0 Å². The average Bonchev–Trinajstić information content (AvgIpc) is 2.80. The Morgan fingerprint density at radius 1 is 0.750 bits per heavy atom. The average molecular weight is 430 g/mol. The Morgan fingerprint density at radius 2 is 1.25 bits per heavy atom. The second-order valence-electron chi connectivity index (χ2n) is 8.10. The van der Waals surface area contributed by atoms with Crippen molar-refractivity contribution in [3.63, 3.8) is 0 Å². The quantitative estimate of drug-likeness (QED) is 0.520. The number of nitrogens with zero attached hydrogens (tertiary/aromatic N) is 1. The molecule has 2 N–H and O–H groups in total. The van der Waals surface area contributed by atoms with Crippen LogP contribution in [0.15, 0.2) is 91.0 Å². The molecule has 32 heavy (non-hydrogen) atoms. The molecule has 5 heteroatoms. The van der Waals surface area contributed by atoms with Gasteiger partial charge in [-0.2, -0.15) is 0 Å². The van der Waals surface area contributed by atoms with Gasteiger partial charge >= 0.3 is 0 Å². The highest BCUT2D eigenvalue weighted by molar-refractivity contribution is 5.92. The van der Waals surface area contributed by atoms with E-state index in [2.05, 4.69) is 10.6 Å². The molecule has 0 fully saturated rings. The summed E-state index contributed by atoms with van der Waals surface area (Å²) in [6, 6.07) is 28.4. The summed E-state index contributed by atoms with van der Waals surface area (Å²) in [5.74, 6) is -0.861. The molecular formula is C27H31N3O2. The van der Waals surface area contributed by atoms with Crippen molar-refractivity contribution < 1.29 is 9.59 Å². The molecule has 0 heterocycles. The van der Waals surface area contributed by atoms with Crippen LogP contribution in [0.25, 0.3) is 0 Å². The van der Waals surface area contributed by atoms with E-state index < -0.39 is 12.0 Å². The van der Waals surface area contributed by atoms with Crippen LogP contribution < -0.4 is 10.6 Å². The fourth-order valence-electron chi connectivity index (χ4n) is 3.63. The van der Waals surface area contributed by atoms with Crippen LogP contribution in [0.3, 0.4) is 0 Å². The van der Waals surface area contributed by atoms with E-state index in [1.807, 2.05) is 110 Å². The number of benzene rings is 3. The molecule has 1 unspecified atom stereocenters. The van der Waals surface area contributed by atoms with Gasteiger partial charge in [0.1, 0.15) is 6.04 Å². The third-order valence-corrected chi connectivity index (χ3v) is 5.30. The molecular weight excluding hydrogens is 398 g/mol. The Kier molecular flexibility index (Phi) is 8.58. The van der Waals surface area contributed by atoms with Crippen LogP contribution in [0.4, 0.5) is 0 Å². The number of hydrogen-bond donors (Lipinski definition) is 2. The first-order valence-corrected chi connectivity index (χ1v) is 10.9. The van der Waals surface area contributed by atoms with Gasteiger partial charge in [0.25, 0.3) is 0 Å². The Morgan fingerprint density at radius 3 is 1.75 bits per heavy atom. The lowest BCUT2D eigenvalue weighted by atomic mass is 9.90. The van der Waals surface area contributed by atoms with Gasteiger partial charge in [-0.3, -0.25) is 9.59 Å². The first-order valence-electron chi connectivity index (χ1n) is 10.9. The third-order valence-electron chi connectivity index (χ3n) is 5.30. The number of carbonyl (C=O) groups is 2. The van der Waals surface area contributed by atoms with Crippen LogP contribution in [0.5, 0.6) is 0 Å². The van der Waals surface area contributed by atoms with E-state index in [1.54, 1.807) is 0 Å². The van der Waals surface area contributed by atoms with Crippen LogP contribution in [0, 0.1) is 0 Å². The maximum atomic E-state index is 13.5. The monoisotopic (exact) mass is 429 g/mol. The van der Waals surface area contributed by atoms with Gasteiger partial charge in [0, 0.05) is 19.5 Å². The number of hydrogen-bond acceptors (Lipinski definition) is 3. The van der Waals surface area contributed by atoms with Crippen molar-refractivity contribution in [1.29, 1.82) is 0 Å². The molecule has 3 rings (SSSR count). The highest BCUT2D eigenvalue weighted by atomic mass is 16.2. The zero-order valence-electron chi connectivity index (χ0n) is 18.7. The molecule has 166 valence electrons. The number of nitrogens with one attached hydrogen (secondary N) is 2. The lowest BCUT2D eigenvalue weighted by molar-refractivity contribution is -0.129. The lowest BCUT2D eigenvalue weighted by Crippen LogP contribution is -2.50. The largest absolute Gasteiger partial charge is 0.353 e. The van der Waals surface area contributed by atoms with E-state index in [1.165, 1.54) is 0 Å². The van der Waals surface area contributed by atoms with Gasteiger partial charge in [-0.1, -0.05) is 91.0 Å². The van der Waals surface area contributed by atoms with E-state index >= 15 is 0 Å². The molecule has 0 aliphatic heterocycles. The zero-order chi connectivity index (χ0) is 22.8. The number of rotatable bonds is 10. The number of amides is 2. The standard InChI is InChI=1S/C27H31N3O2/c1-30(2)19-18-28-26(31)24(20-21-12-6-3-7-13-21)29-27(32)25(22-14-8-4-9-15-22)23-16-10-5-11-17-23/h3-17,24-25H,18-20H2,1-2H3,(H,28,31)(H,29,32). The summed E-state index contributed by atoms with van der Waals surface area (Å²) in [5.41, 5.74) is 2.78. The minimum absolute atomic E-state index is 0.177. The summed E-state index contributed by atoms with van der Waals surface area (Å²) in [6.45, 7) is 1.25. The lowest BCUT2D eigenvalue weighted by Gasteiger charge is -2.23. The van der Waals surface area contributed by atoms with Crippen LogP contribution in [0.2, 0.25) is 0 Å². The summed E-state index contributed by atoms with van der Waals surface area (Å²) in [7, 11) is 3.92. The Bertz CT molecular complexity index is 936. The minimum atomic E-state index is -0.665. The van der Waals surface area contributed by atoms with E-state index in [9.17, 15) is 9.59 Å². The molecule has 0 aromatic heterocycles. The van der Waals surface area contributed by atoms with Gasteiger partial charge < -0.3 is 15.5 Å². The van der Waals surface area contributed by atoms with Gasteiger partial charge in [-0.25, -0.2) is 0 Å². The number of carbonyl (C=O) groups excluding carboxylic acids is 2. The van der Waals surface area contributed by atoms with Crippen molar-refractivity contribution in [2.45, 2.75) is 18.4 Å². The fraction of sp³-hybridized carbons (Fsp3) is 0.259. The zero-order valence-corrected chi connectivity index (χ0v) is 18.7. The molecule has 0 spiro atoms. The highest BCUT2D eigenvalue weighted by Gasteiger charge is 2.28. The summed E-state index contributed by atoms with van der Waals surface area (Å²) in [6.07, 6.45) is 0.427. The smallest absolute Gasteiger partial charge is 0.242 e. The van der Waals surface area contributed by atoms with Crippen molar-refractivity contribution in [2.24, 2.45) is 0 Å². The van der Waals surface area contributed by atoms with Gasteiger partial charge in [0.15, 0.2) is 0 Å². The highest BCUT2D eigenvalue weighted by Crippen LogP contribution is 2.25. The molecule has 0 aliphatic rings. The van der Waals surface area contributed by atoms with Crippen LogP contribution in [-0.2, 0) is 16.0 Å². The molecule has 3 aromatic carbocycles. The van der Waals surface area contributed by atoms with E-state index in [-0.39, 0.29) is 11.8 Å². The molecule has 5 nitrogen and oxygen atoms in total. The van der Waals surface area contributed by atoms with Crippen LogP contribution >= 0.6 is 0 Å². The van der Waals surface area contributed by atoms with Crippen molar-refractivity contribution in [3.05, 3.63) is 108 Å². The minimum Gasteiger partial charge on any atom is -0.353 e. The Balaban J connectivity index is 1.83. The van der Waals surface area contributed by atoms with Gasteiger partial charge in [-0.05, 0) is 30.8 Å². The van der Waals surface area contributed by atoms with E-state index in [0.29, 0.717) is 13.0 Å². The fourth-order valence-corrected chi connectivity index (χ4v) is 3.63. The van der Waals surface area contributed by atoms with Crippen LogP contribution in [0.1, 0.15) is 22.6 Å². The van der Waals surface area contributed by atoms with Gasteiger partial charge in [0.2, 0.25) is 11.8 Å². The summed E-state index contributed by atoms with van der Waals surface area (Å²) < 4.78 is 0. The SMILES string of the molecule is CN(C)CCNC(=O)C(Cc1ccccc1)NC(=O)C(c1ccccc1)c1ccccc1. The van der Waals surface area contributed by atoms with Crippen LogP contribution in [-0.4, -0.2) is 49.9 Å². The maximum Gasteiger partial charge on any atom is 0.242 e. The molecule has 0 bridgehead atoms. The second kappa shape index (κ2) is 11.8. The summed E-state index contributed by atoms with van der Waals surface area (Å²) in [4.78, 5) is 28.6. The molecule has 3 aromatic rings. The molecule has 0 saturated heterocycles. The normalized spacial score (nSPS) is 11.9. The third kappa shape index (κ3) is 6.79. The van der Waals surface area contributed by atoms with E-state index in [0.717, 1.165) is 23.2 Å². The topological polar surface area (TPSA) is 61.4 Å². The van der Waals surface area contributed by atoms with Crippen molar-refractivity contribution in [2.75, 3.05) is 27.2 Å². The maximum absolute atomic E-state index is 13.5. The van der Waals surface area contributed by atoms with Gasteiger partial charge in [-0.15, -0.1) is 0 Å². The predicted molar refractivity (Wildman–Crippen MR) is 128 cm³/mol. The van der Waals surface area contributed by atoms with Crippen molar-refractivity contribution in [1.82, 2.24) is 15.5 Å².